The second-order valence-corrected chi connectivity index (χ2v) is 3.07. The van der Waals surface area contributed by atoms with E-state index in [-0.39, 0.29) is 17.9 Å². The van der Waals surface area contributed by atoms with E-state index in [4.69, 9.17) is 6.42 Å². The van der Waals surface area contributed by atoms with Crippen LogP contribution in [0.15, 0.2) is 0 Å². The van der Waals surface area contributed by atoms with Gasteiger partial charge >= 0.3 is 0 Å². The topological polar surface area (TPSA) is 12.0 Å². The first-order chi connectivity index (χ1) is 3.98. The van der Waals surface area contributed by atoms with Gasteiger partial charge < -0.3 is 0 Å². The van der Waals surface area contributed by atoms with Crippen LogP contribution in [0.3, 0.4) is 0 Å². The number of rotatable bonds is 2. The van der Waals surface area contributed by atoms with Crippen LogP contribution in [0.1, 0.15) is 27.7 Å². The fourth-order valence-electron chi connectivity index (χ4n) is 0.763. The Morgan fingerprint density at radius 1 is 1.40 bits per heavy atom. The highest BCUT2D eigenvalue weighted by atomic mass is 35.5. The van der Waals surface area contributed by atoms with Crippen LogP contribution < -0.4 is 5.32 Å². The summed E-state index contributed by atoms with van der Waals surface area (Å²) in [5, 5.41) is 3.23. The molecule has 0 aromatic carbocycles. The van der Waals surface area contributed by atoms with Crippen molar-refractivity contribution in [2.45, 2.75) is 39.3 Å². The third-order valence-corrected chi connectivity index (χ3v) is 1.01. The van der Waals surface area contributed by atoms with Gasteiger partial charge in [-0.2, -0.15) is 0 Å². The van der Waals surface area contributed by atoms with Crippen LogP contribution in [0.5, 0.6) is 0 Å². The van der Waals surface area contributed by atoms with Crippen LogP contribution in [0, 0.1) is 12.3 Å². The molecule has 0 aromatic rings. The van der Waals surface area contributed by atoms with E-state index in [0.717, 1.165) is 0 Å². The highest BCUT2D eigenvalue weighted by Crippen LogP contribution is 1.99. The largest absolute Gasteiger partial charge is 0.299 e. The van der Waals surface area contributed by atoms with Gasteiger partial charge in [-0.1, -0.05) is 5.92 Å². The molecule has 0 aliphatic carbocycles. The van der Waals surface area contributed by atoms with Crippen molar-refractivity contribution in [2.24, 2.45) is 0 Å². The van der Waals surface area contributed by atoms with Crippen molar-refractivity contribution < 1.29 is 0 Å². The lowest BCUT2D eigenvalue weighted by atomic mass is 10.1. The normalized spacial score (nSPS) is 10.4. The molecule has 0 aliphatic heterocycles. The first-order valence-electron chi connectivity index (χ1n) is 3.23. The van der Waals surface area contributed by atoms with Crippen molar-refractivity contribution in [2.75, 3.05) is 0 Å². The van der Waals surface area contributed by atoms with Crippen LogP contribution in [-0.4, -0.2) is 11.6 Å². The lowest BCUT2D eigenvalue weighted by molar-refractivity contribution is 0.441. The summed E-state index contributed by atoms with van der Waals surface area (Å²) in [5.74, 6) is 2.66. The second kappa shape index (κ2) is 4.60. The molecule has 0 aromatic heterocycles. The standard InChI is InChI=1S/C8H15N.ClH/c1-6-8(4,5)9-7(2)3;/h1,7,9H,2-5H3;1H. The molecule has 0 radical (unpaired) electrons. The Bertz CT molecular complexity index is 122. The fourth-order valence-corrected chi connectivity index (χ4v) is 0.763. The zero-order valence-corrected chi connectivity index (χ0v) is 7.88. The molecule has 0 aliphatic rings. The Morgan fingerprint density at radius 3 is 1.90 bits per heavy atom. The molecule has 0 unspecified atom stereocenters. The molecule has 0 heterocycles. The lowest BCUT2D eigenvalue weighted by Crippen LogP contribution is -2.42. The number of terminal acetylenes is 1. The predicted octanol–water partition coefficient (Wildman–Crippen LogP) is 1.82. The fraction of sp³-hybridized carbons (Fsp3) is 0.750. The Labute approximate surface area is 70.0 Å². The van der Waals surface area contributed by atoms with Gasteiger partial charge in [-0.25, -0.2) is 0 Å². The minimum Gasteiger partial charge on any atom is -0.299 e. The maximum Gasteiger partial charge on any atom is 0.0743 e. The van der Waals surface area contributed by atoms with Gasteiger partial charge in [-0.3, -0.25) is 5.32 Å². The molecule has 0 saturated carbocycles. The molecule has 0 amide bonds. The third kappa shape index (κ3) is 5.94. The molecule has 1 nitrogen and oxygen atoms in total. The van der Waals surface area contributed by atoms with Gasteiger partial charge in [0.25, 0.3) is 0 Å². The van der Waals surface area contributed by atoms with E-state index in [1.54, 1.807) is 0 Å². The van der Waals surface area contributed by atoms with E-state index >= 15 is 0 Å². The number of hydrogen-bond donors (Lipinski definition) is 1. The maximum absolute atomic E-state index is 5.24. The van der Waals surface area contributed by atoms with Gasteiger partial charge in [0.2, 0.25) is 0 Å². The highest BCUT2D eigenvalue weighted by Gasteiger charge is 2.12. The molecule has 0 rings (SSSR count). The SMILES string of the molecule is C#CC(C)(C)NC(C)C.Cl. The lowest BCUT2D eigenvalue weighted by Gasteiger charge is -2.22. The molecular weight excluding hydrogens is 146 g/mol. The van der Waals surface area contributed by atoms with Gasteiger partial charge in [-0.15, -0.1) is 18.8 Å². The molecule has 0 bridgehead atoms. The van der Waals surface area contributed by atoms with Crippen LogP contribution in [0.25, 0.3) is 0 Å². The zero-order valence-electron chi connectivity index (χ0n) is 7.06. The van der Waals surface area contributed by atoms with Crippen LogP contribution >= 0.6 is 12.4 Å². The summed E-state index contributed by atoms with van der Waals surface area (Å²) in [6.07, 6.45) is 5.24. The zero-order chi connectivity index (χ0) is 7.49. The van der Waals surface area contributed by atoms with Gasteiger partial charge in [0.05, 0.1) is 5.54 Å². The summed E-state index contributed by atoms with van der Waals surface area (Å²) >= 11 is 0. The Kier molecular flexibility index (Phi) is 5.74. The van der Waals surface area contributed by atoms with Gasteiger partial charge in [0.1, 0.15) is 0 Å². The predicted molar refractivity (Wildman–Crippen MR) is 48.4 cm³/mol. The summed E-state index contributed by atoms with van der Waals surface area (Å²) in [6, 6.07) is 0.455. The molecular formula is C8H16ClN. The Hall–Kier alpha value is -0.190. The van der Waals surface area contributed by atoms with E-state index in [0.29, 0.717) is 6.04 Å². The van der Waals surface area contributed by atoms with Gasteiger partial charge in [0.15, 0.2) is 0 Å². The van der Waals surface area contributed by atoms with Crippen molar-refractivity contribution in [3.05, 3.63) is 0 Å². The average Bonchev–Trinajstić information content (AvgIpc) is 1.63. The van der Waals surface area contributed by atoms with Crippen molar-refractivity contribution in [1.82, 2.24) is 5.32 Å². The molecule has 0 fully saturated rings. The highest BCUT2D eigenvalue weighted by molar-refractivity contribution is 5.85. The van der Waals surface area contributed by atoms with Crippen molar-refractivity contribution >= 4 is 12.4 Å². The molecule has 0 spiro atoms. The van der Waals surface area contributed by atoms with Crippen molar-refractivity contribution in [3.63, 3.8) is 0 Å². The molecule has 2 heteroatoms. The minimum atomic E-state index is -0.159. The quantitative estimate of drug-likeness (QED) is 0.610. The Balaban J connectivity index is 0. The maximum atomic E-state index is 5.24. The number of halogens is 1. The Morgan fingerprint density at radius 2 is 1.80 bits per heavy atom. The number of hydrogen-bond acceptors (Lipinski definition) is 1. The van der Waals surface area contributed by atoms with E-state index in [1.807, 2.05) is 13.8 Å². The molecule has 10 heavy (non-hydrogen) atoms. The smallest absolute Gasteiger partial charge is 0.0743 e. The molecule has 1 N–H and O–H groups in total. The summed E-state index contributed by atoms with van der Waals surface area (Å²) in [6.45, 7) is 8.15. The van der Waals surface area contributed by atoms with E-state index in [1.165, 1.54) is 0 Å². The van der Waals surface area contributed by atoms with E-state index < -0.39 is 0 Å². The first-order valence-corrected chi connectivity index (χ1v) is 3.23. The van der Waals surface area contributed by atoms with E-state index in [2.05, 4.69) is 25.1 Å². The average molecular weight is 162 g/mol. The summed E-state index contributed by atoms with van der Waals surface area (Å²) in [4.78, 5) is 0. The molecule has 0 atom stereocenters. The monoisotopic (exact) mass is 161 g/mol. The van der Waals surface area contributed by atoms with Crippen LogP contribution in [-0.2, 0) is 0 Å². The van der Waals surface area contributed by atoms with Crippen molar-refractivity contribution in [1.29, 1.82) is 0 Å². The second-order valence-electron chi connectivity index (χ2n) is 3.07. The van der Waals surface area contributed by atoms with Crippen molar-refractivity contribution in [3.8, 4) is 12.3 Å². The number of nitrogens with one attached hydrogen (secondary N) is 1. The summed E-state index contributed by atoms with van der Waals surface area (Å²) in [5.41, 5.74) is -0.159. The summed E-state index contributed by atoms with van der Waals surface area (Å²) < 4.78 is 0. The minimum absolute atomic E-state index is 0. The molecule has 0 saturated heterocycles. The van der Waals surface area contributed by atoms with E-state index in [9.17, 15) is 0 Å². The first kappa shape index (κ1) is 12.5. The molecule has 60 valence electrons. The third-order valence-electron chi connectivity index (χ3n) is 1.01. The van der Waals surface area contributed by atoms with Crippen LogP contribution in [0.2, 0.25) is 0 Å². The van der Waals surface area contributed by atoms with Crippen LogP contribution in [0.4, 0.5) is 0 Å². The van der Waals surface area contributed by atoms with Gasteiger partial charge in [-0.05, 0) is 27.7 Å². The summed E-state index contributed by atoms with van der Waals surface area (Å²) in [7, 11) is 0. The van der Waals surface area contributed by atoms with Gasteiger partial charge in [0, 0.05) is 6.04 Å².